The second-order valence-corrected chi connectivity index (χ2v) is 8.36. The van der Waals surface area contributed by atoms with Crippen molar-refractivity contribution in [1.29, 1.82) is 0 Å². The van der Waals surface area contributed by atoms with Gasteiger partial charge in [-0.25, -0.2) is 0 Å². The fourth-order valence-corrected chi connectivity index (χ4v) is 4.53. The van der Waals surface area contributed by atoms with Gasteiger partial charge in [-0.3, -0.25) is 9.69 Å². The maximum Gasteiger partial charge on any atom is 0.255 e. The first-order valence-electron chi connectivity index (χ1n) is 10.5. The van der Waals surface area contributed by atoms with E-state index in [1.54, 1.807) is 12.1 Å². The van der Waals surface area contributed by atoms with Gasteiger partial charge in [-0.15, -0.1) is 0 Å². The van der Waals surface area contributed by atoms with Crippen molar-refractivity contribution < 1.29 is 14.3 Å². The Hall–Kier alpha value is -2.05. The summed E-state index contributed by atoms with van der Waals surface area (Å²) in [7, 11) is 2.13. The Balaban J connectivity index is 1.65. The third-order valence-corrected chi connectivity index (χ3v) is 6.26. The van der Waals surface area contributed by atoms with E-state index in [4.69, 9.17) is 4.42 Å². The molecule has 0 radical (unpaired) electrons. The summed E-state index contributed by atoms with van der Waals surface area (Å²) >= 11 is 0. The molecule has 2 aromatic rings. The molecule has 1 aromatic carbocycles. The molecule has 6 nitrogen and oxygen atoms in total. The maximum absolute atomic E-state index is 13.1. The highest BCUT2D eigenvalue weighted by atomic mass is 16.3. The van der Waals surface area contributed by atoms with Crippen molar-refractivity contribution in [3.63, 3.8) is 0 Å². The highest BCUT2D eigenvalue weighted by Crippen LogP contribution is 2.35. The molecular weight excluding hydrogens is 354 g/mol. The number of hydrogen-bond donors (Lipinski definition) is 2. The molecule has 28 heavy (non-hydrogen) atoms. The van der Waals surface area contributed by atoms with E-state index < -0.39 is 0 Å². The van der Waals surface area contributed by atoms with Crippen molar-refractivity contribution in [3.05, 3.63) is 29.0 Å². The average Bonchev–Trinajstić information content (AvgIpc) is 3.03. The number of likely N-dealkylation sites (N-methyl/N-ethyl adjacent to an activating group) is 1. The standard InChI is InChI=1S/C22H31N3O3/c1-15-20(22(27)23-16-6-4-3-5-7-16)21-17(18(26)8-9-19(21)28-15)14-25-12-10-24(2)11-13-25/h8-9,16,26H,3-7,10-14H2,1-2H3,(H,23,27). The number of nitrogens with zero attached hydrogens (tertiary/aromatic N) is 2. The summed E-state index contributed by atoms with van der Waals surface area (Å²) in [6, 6.07) is 3.69. The second kappa shape index (κ2) is 8.13. The monoisotopic (exact) mass is 385 g/mol. The first-order chi connectivity index (χ1) is 13.5. The van der Waals surface area contributed by atoms with Gasteiger partial charge in [-0.1, -0.05) is 19.3 Å². The van der Waals surface area contributed by atoms with Crippen molar-refractivity contribution in [1.82, 2.24) is 15.1 Å². The van der Waals surface area contributed by atoms with Crippen LogP contribution in [0.25, 0.3) is 11.0 Å². The predicted molar refractivity (Wildman–Crippen MR) is 110 cm³/mol. The van der Waals surface area contributed by atoms with Crippen molar-refractivity contribution >= 4 is 16.9 Å². The molecule has 1 saturated carbocycles. The lowest BCUT2D eigenvalue weighted by molar-refractivity contribution is 0.0927. The number of aryl methyl sites for hydroxylation is 1. The van der Waals surface area contributed by atoms with Crippen LogP contribution in [0.1, 0.15) is 53.8 Å². The minimum atomic E-state index is -0.0756. The normalized spacial score (nSPS) is 19.9. The zero-order chi connectivity index (χ0) is 19.7. The summed E-state index contributed by atoms with van der Waals surface area (Å²) in [5, 5.41) is 14.6. The van der Waals surface area contributed by atoms with Crippen LogP contribution in [0.2, 0.25) is 0 Å². The second-order valence-electron chi connectivity index (χ2n) is 8.36. The van der Waals surface area contributed by atoms with Crippen LogP contribution >= 0.6 is 0 Å². The Morgan fingerprint density at radius 2 is 1.89 bits per heavy atom. The van der Waals surface area contributed by atoms with E-state index in [2.05, 4.69) is 22.2 Å². The summed E-state index contributed by atoms with van der Waals surface area (Å²) in [4.78, 5) is 17.8. The largest absolute Gasteiger partial charge is 0.508 e. The number of phenolic OH excluding ortho intramolecular Hbond substituents is 1. The van der Waals surface area contributed by atoms with Crippen molar-refractivity contribution in [2.24, 2.45) is 0 Å². The van der Waals surface area contributed by atoms with E-state index >= 15 is 0 Å². The molecule has 1 aliphatic heterocycles. The van der Waals surface area contributed by atoms with Crippen molar-refractivity contribution in [2.75, 3.05) is 33.2 Å². The number of piperazine rings is 1. The predicted octanol–water partition coefficient (Wildman–Crippen LogP) is 3.26. The van der Waals surface area contributed by atoms with Gasteiger partial charge in [0, 0.05) is 49.7 Å². The van der Waals surface area contributed by atoms with E-state index in [-0.39, 0.29) is 17.7 Å². The topological polar surface area (TPSA) is 69.0 Å². The van der Waals surface area contributed by atoms with Gasteiger partial charge in [0.15, 0.2) is 0 Å². The number of carbonyl (C=O) groups excluding carboxylic acids is 1. The number of amides is 1. The number of furan rings is 1. The number of aromatic hydroxyl groups is 1. The van der Waals surface area contributed by atoms with Crippen LogP contribution in [0.15, 0.2) is 16.5 Å². The smallest absolute Gasteiger partial charge is 0.255 e. The summed E-state index contributed by atoms with van der Waals surface area (Å²) in [5.74, 6) is 0.779. The van der Waals surface area contributed by atoms with E-state index in [1.165, 1.54) is 19.3 Å². The van der Waals surface area contributed by atoms with Crippen molar-refractivity contribution in [3.8, 4) is 5.75 Å². The Morgan fingerprint density at radius 1 is 1.18 bits per heavy atom. The molecule has 0 atom stereocenters. The van der Waals surface area contributed by atoms with Gasteiger partial charge in [0.05, 0.1) is 5.56 Å². The highest BCUT2D eigenvalue weighted by Gasteiger charge is 2.26. The van der Waals surface area contributed by atoms with E-state index in [0.29, 0.717) is 23.5 Å². The van der Waals surface area contributed by atoms with Crippen LogP contribution in [0.4, 0.5) is 0 Å². The van der Waals surface area contributed by atoms with E-state index in [1.807, 2.05) is 6.92 Å². The van der Waals surface area contributed by atoms with Gasteiger partial charge < -0.3 is 19.7 Å². The van der Waals surface area contributed by atoms with Gasteiger partial charge >= 0.3 is 0 Å². The third-order valence-electron chi connectivity index (χ3n) is 6.26. The fourth-order valence-electron chi connectivity index (χ4n) is 4.53. The molecule has 0 spiro atoms. The zero-order valence-electron chi connectivity index (χ0n) is 17.0. The quantitative estimate of drug-likeness (QED) is 0.846. The number of nitrogens with one attached hydrogen (secondary N) is 1. The highest BCUT2D eigenvalue weighted by molar-refractivity contribution is 6.09. The molecule has 2 heterocycles. The van der Waals surface area contributed by atoms with Gasteiger partial charge in [-0.2, -0.15) is 0 Å². The lowest BCUT2D eigenvalue weighted by atomic mass is 9.95. The molecule has 6 heteroatoms. The number of carbonyl (C=O) groups is 1. The molecule has 2 aliphatic rings. The Kier molecular flexibility index (Phi) is 5.60. The van der Waals surface area contributed by atoms with Crippen LogP contribution in [-0.4, -0.2) is 60.1 Å². The maximum atomic E-state index is 13.1. The van der Waals surface area contributed by atoms with Crippen LogP contribution in [-0.2, 0) is 6.54 Å². The molecule has 2 fully saturated rings. The average molecular weight is 386 g/mol. The molecule has 1 saturated heterocycles. The lowest BCUT2D eigenvalue weighted by Gasteiger charge is -2.32. The fraction of sp³-hybridized carbons (Fsp3) is 0.591. The molecule has 0 bridgehead atoms. The molecule has 1 amide bonds. The minimum Gasteiger partial charge on any atom is -0.508 e. The van der Waals surface area contributed by atoms with Crippen LogP contribution in [0.3, 0.4) is 0 Å². The Bertz CT molecular complexity index is 846. The van der Waals surface area contributed by atoms with E-state index in [0.717, 1.165) is 50.0 Å². The van der Waals surface area contributed by atoms with Crippen LogP contribution in [0.5, 0.6) is 5.75 Å². The SMILES string of the molecule is Cc1oc2ccc(O)c(CN3CCN(C)CC3)c2c1C(=O)NC1CCCCC1. The molecule has 0 unspecified atom stereocenters. The molecule has 1 aliphatic carbocycles. The Labute approximate surface area is 166 Å². The summed E-state index contributed by atoms with van der Waals surface area (Å²) in [6.07, 6.45) is 5.68. The van der Waals surface area contributed by atoms with Gasteiger partial charge in [0.25, 0.3) is 5.91 Å². The minimum absolute atomic E-state index is 0.0756. The molecule has 152 valence electrons. The van der Waals surface area contributed by atoms with Crippen LogP contribution in [0, 0.1) is 6.92 Å². The van der Waals surface area contributed by atoms with E-state index in [9.17, 15) is 9.90 Å². The number of phenols is 1. The zero-order valence-corrected chi connectivity index (χ0v) is 17.0. The molecule has 2 N–H and O–H groups in total. The number of rotatable bonds is 4. The molecular formula is C22H31N3O3. The number of hydrogen-bond acceptors (Lipinski definition) is 5. The summed E-state index contributed by atoms with van der Waals surface area (Å²) in [5.41, 5.74) is 2.06. The molecule has 4 rings (SSSR count). The summed E-state index contributed by atoms with van der Waals surface area (Å²) in [6.45, 7) is 6.39. The van der Waals surface area contributed by atoms with Gasteiger partial charge in [0.2, 0.25) is 0 Å². The van der Waals surface area contributed by atoms with Gasteiger partial charge in [0.1, 0.15) is 17.1 Å². The summed E-state index contributed by atoms with van der Waals surface area (Å²) < 4.78 is 5.91. The number of benzene rings is 1. The van der Waals surface area contributed by atoms with Gasteiger partial charge in [-0.05, 0) is 38.9 Å². The first-order valence-corrected chi connectivity index (χ1v) is 10.5. The Morgan fingerprint density at radius 3 is 2.61 bits per heavy atom. The third kappa shape index (κ3) is 3.89. The first kappa shape index (κ1) is 19.3. The molecule has 1 aromatic heterocycles. The van der Waals surface area contributed by atoms with Crippen molar-refractivity contribution in [2.45, 2.75) is 51.6 Å². The lowest BCUT2D eigenvalue weighted by Crippen LogP contribution is -2.43. The number of fused-ring (bicyclic) bond motifs is 1. The van der Waals surface area contributed by atoms with Crippen LogP contribution < -0.4 is 5.32 Å².